The first-order valence-corrected chi connectivity index (χ1v) is 4.16. The lowest BCUT2D eigenvalue weighted by molar-refractivity contribution is -0.650. The van der Waals surface area contributed by atoms with E-state index in [-0.39, 0.29) is 0 Å². The zero-order valence-corrected chi connectivity index (χ0v) is 6.27. The largest absolute Gasteiger partial charge is 0.342 e. The first kappa shape index (κ1) is 6.17. The average molecular weight is 136 g/mol. The van der Waals surface area contributed by atoms with Gasteiger partial charge in [0.2, 0.25) is 0 Å². The van der Waals surface area contributed by atoms with Crippen molar-refractivity contribution in [1.29, 1.82) is 0 Å². The monoisotopic (exact) mass is 136 g/mol. The van der Waals surface area contributed by atoms with Crippen LogP contribution in [0.3, 0.4) is 0 Å². The van der Waals surface area contributed by atoms with Gasteiger partial charge < -0.3 is 5.32 Å². The van der Waals surface area contributed by atoms with Crippen LogP contribution in [0.15, 0.2) is 23.3 Å². The van der Waals surface area contributed by atoms with E-state index in [1.807, 2.05) is 0 Å². The predicted molar refractivity (Wildman–Crippen MR) is 41.7 cm³/mol. The van der Waals surface area contributed by atoms with Gasteiger partial charge in [-0.1, -0.05) is 12.2 Å². The van der Waals surface area contributed by atoms with Gasteiger partial charge in [-0.3, -0.25) is 0 Å². The second-order valence-electron chi connectivity index (χ2n) is 3.10. The summed E-state index contributed by atoms with van der Waals surface area (Å²) in [6.45, 7) is 2.56. The minimum absolute atomic E-state index is 1.26. The number of nitrogens with two attached hydrogens (primary N) is 1. The zero-order chi connectivity index (χ0) is 6.81. The summed E-state index contributed by atoms with van der Waals surface area (Å²) < 4.78 is 0. The van der Waals surface area contributed by atoms with E-state index in [9.17, 15) is 0 Å². The highest BCUT2D eigenvalue weighted by Gasteiger charge is 2.13. The second kappa shape index (κ2) is 2.59. The van der Waals surface area contributed by atoms with Crippen LogP contribution in [-0.4, -0.2) is 13.1 Å². The average Bonchev–Trinajstić information content (AvgIpc) is 2.05. The molecule has 1 aliphatic heterocycles. The van der Waals surface area contributed by atoms with Crippen molar-refractivity contribution >= 4 is 0 Å². The van der Waals surface area contributed by atoms with Crippen molar-refractivity contribution in [1.82, 2.24) is 0 Å². The van der Waals surface area contributed by atoms with Crippen molar-refractivity contribution in [2.75, 3.05) is 13.1 Å². The van der Waals surface area contributed by atoms with Crippen molar-refractivity contribution < 1.29 is 5.32 Å². The van der Waals surface area contributed by atoms with Gasteiger partial charge in [0.25, 0.3) is 0 Å². The maximum absolute atomic E-state index is 2.41. The molecule has 0 atom stereocenters. The molecule has 1 heterocycles. The summed E-state index contributed by atoms with van der Waals surface area (Å²) in [5.74, 6) is 0. The molecule has 0 aromatic rings. The fourth-order valence-corrected chi connectivity index (χ4v) is 1.79. The lowest BCUT2D eigenvalue weighted by atomic mass is 9.93. The predicted octanol–water partition coefficient (Wildman–Crippen LogP) is 0.600. The molecule has 1 aliphatic carbocycles. The molecule has 0 fully saturated rings. The molecule has 0 saturated heterocycles. The molecule has 0 amide bonds. The van der Waals surface area contributed by atoms with Crippen molar-refractivity contribution in [2.24, 2.45) is 0 Å². The summed E-state index contributed by atoms with van der Waals surface area (Å²) >= 11 is 0. The molecule has 10 heavy (non-hydrogen) atoms. The van der Waals surface area contributed by atoms with E-state index < -0.39 is 0 Å². The quantitative estimate of drug-likeness (QED) is 0.502. The highest BCUT2D eigenvalue weighted by atomic mass is 14.9. The van der Waals surface area contributed by atoms with Crippen LogP contribution in [-0.2, 0) is 0 Å². The lowest BCUT2D eigenvalue weighted by Gasteiger charge is -2.18. The Balaban J connectivity index is 2.23. The Hall–Kier alpha value is -0.560. The molecule has 0 unspecified atom stereocenters. The maximum atomic E-state index is 2.41. The fraction of sp³-hybridized carbons (Fsp3) is 0.556. The normalized spacial score (nSPS) is 24.8. The summed E-state index contributed by atoms with van der Waals surface area (Å²) in [7, 11) is 0. The first-order chi connectivity index (χ1) is 4.97. The van der Waals surface area contributed by atoms with Crippen LogP contribution < -0.4 is 5.32 Å². The highest BCUT2D eigenvalue weighted by Crippen LogP contribution is 2.20. The van der Waals surface area contributed by atoms with E-state index in [1.54, 1.807) is 11.1 Å². The van der Waals surface area contributed by atoms with Crippen molar-refractivity contribution in [2.45, 2.75) is 19.3 Å². The van der Waals surface area contributed by atoms with E-state index >= 15 is 0 Å². The molecule has 2 rings (SSSR count). The van der Waals surface area contributed by atoms with E-state index in [0.717, 1.165) is 0 Å². The van der Waals surface area contributed by atoms with E-state index in [1.165, 1.54) is 32.4 Å². The van der Waals surface area contributed by atoms with Gasteiger partial charge in [0.15, 0.2) is 0 Å². The van der Waals surface area contributed by atoms with Gasteiger partial charge in [0, 0.05) is 6.42 Å². The Labute approximate surface area is 61.8 Å². The van der Waals surface area contributed by atoms with E-state index in [0.29, 0.717) is 0 Å². The Bertz CT molecular complexity index is 189. The summed E-state index contributed by atoms with van der Waals surface area (Å²) in [4.78, 5) is 0. The number of allylic oxidation sites excluding steroid dienone is 2. The summed E-state index contributed by atoms with van der Waals surface area (Å²) in [5.41, 5.74) is 3.34. The second-order valence-corrected chi connectivity index (χ2v) is 3.10. The molecule has 1 heteroatoms. The molecule has 0 radical (unpaired) electrons. The van der Waals surface area contributed by atoms with Gasteiger partial charge in [-0.2, -0.15) is 0 Å². The number of quaternary nitrogens is 1. The molecule has 1 nitrogen and oxygen atoms in total. The Kier molecular flexibility index (Phi) is 1.60. The van der Waals surface area contributed by atoms with Crippen LogP contribution in [0.5, 0.6) is 0 Å². The van der Waals surface area contributed by atoms with Crippen molar-refractivity contribution in [3.8, 4) is 0 Å². The Morgan fingerprint density at radius 1 is 1.30 bits per heavy atom. The van der Waals surface area contributed by atoms with Crippen LogP contribution in [0.2, 0.25) is 0 Å². The highest BCUT2D eigenvalue weighted by molar-refractivity contribution is 5.30. The number of hydrogen-bond donors (Lipinski definition) is 1. The molecular weight excluding hydrogens is 122 g/mol. The SMILES string of the molecule is C1=CC2=C(CC1)C[NH2+]CC2. The molecule has 0 bridgehead atoms. The molecule has 2 N–H and O–H groups in total. The van der Waals surface area contributed by atoms with Gasteiger partial charge >= 0.3 is 0 Å². The van der Waals surface area contributed by atoms with Gasteiger partial charge in [0.05, 0.1) is 13.1 Å². The van der Waals surface area contributed by atoms with Crippen molar-refractivity contribution in [3.63, 3.8) is 0 Å². The molecule has 54 valence electrons. The van der Waals surface area contributed by atoms with Gasteiger partial charge in [-0.15, -0.1) is 0 Å². The van der Waals surface area contributed by atoms with Crippen LogP contribution in [0.4, 0.5) is 0 Å². The van der Waals surface area contributed by atoms with Crippen molar-refractivity contribution in [3.05, 3.63) is 23.3 Å². The summed E-state index contributed by atoms with van der Waals surface area (Å²) in [6, 6.07) is 0. The van der Waals surface area contributed by atoms with Gasteiger partial charge in [-0.25, -0.2) is 0 Å². The van der Waals surface area contributed by atoms with Crippen LogP contribution in [0.1, 0.15) is 19.3 Å². The molecule has 0 saturated carbocycles. The van der Waals surface area contributed by atoms with E-state index in [4.69, 9.17) is 0 Å². The van der Waals surface area contributed by atoms with Gasteiger partial charge in [-0.05, 0) is 24.0 Å². The van der Waals surface area contributed by atoms with Crippen LogP contribution in [0.25, 0.3) is 0 Å². The standard InChI is InChI=1S/C9H13N/c1-2-4-9-7-10-6-5-8(9)3-1/h1,3,10H,2,4-7H2/p+1. The van der Waals surface area contributed by atoms with Crippen LogP contribution in [0, 0.1) is 0 Å². The number of hydrogen-bond acceptors (Lipinski definition) is 0. The fourth-order valence-electron chi connectivity index (χ4n) is 1.79. The Morgan fingerprint density at radius 2 is 2.30 bits per heavy atom. The summed E-state index contributed by atoms with van der Waals surface area (Å²) in [5, 5.41) is 2.41. The maximum Gasteiger partial charge on any atom is 0.0978 e. The topological polar surface area (TPSA) is 16.6 Å². The zero-order valence-electron chi connectivity index (χ0n) is 6.27. The van der Waals surface area contributed by atoms with Gasteiger partial charge in [0.1, 0.15) is 0 Å². The third kappa shape index (κ3) is 1.01. The van der Waals surface area contributed by atoms with E-state index in [2.05, 4.69) is 17.5 Å². The lowest BCUT2D eigenvalue weighted by Crippen LogP contribution is -2.85. The molecule has 2 aliphatic rings. The molecule has 0 aromatic carbocycles. The summed E-state index contributed by atoms with van der Waals surface area (Å²) in [6.07, 6.45) is 8.52. The molecule has 0 spiro atoms. The first-order valence-electron chi connectivity index (χ1n) is 4.16. The smallest absolute Gasteiger partial charge is 0.0978 e. The third-order valence-electron chi connectivity index (χ3n) is 2.39. The molecular formula is C9H14N+. The minimum atomic E-state index is 1.26. The Morgan fingerprint density at radius 3 is 3.20 bits per heavy atom. The van der Waals surface area contributed by atoms with Crippen LogP contribution >= 0.6 is 0 Å². The third-order valence-corrected chi connectivity index (χ3v) is 2.39. The number of rotatable bonds is 0. The minimum Gasteiger partial charge on any atom is -0.342 e. The molecule has 0 aromatic heterocycles.